The quantitative estimate of drug-likeness (QED) is 0.672. The summed E-state index contributed by atoms with van der Waals surface area (Å²) in [6.07, 6.45) is 3.77. The van der Waals surface area contributed by atoms with Crippen molar-refractivity contribution in [1.29, 1.82) is 0 Å². The Morgan fingerprint density at radius 3 is 2.74 bits per heavy atom. The fraction of sp³-hybridized carbons (Fsp3) is 0.118. The molecule has 6 heteroatoms. The van der Waals surface area contributed by atoms with Crippen molar-refractivity contribution < 1.29 is 9.53 Å². The SMILES string of the molecule is CCOC(=O)c1nnn(-c2ccccc2)c1/C=C/c1cccs1. The van der Waals surface area contributed by atoms with E-state index in [9.17, 15) is 4.79 Å². The summed E-state index contributed by atoms with van der Waals surface area (Å²) in [4.78, 5) is 13.2. The van der Waals surface area contributed by atoms with Gasteiger partial charge in [-0.1, -0.05) is 29.5 Å². The first-order valence-corrected chi connectivity index (χ1v) is 8.07. The number of aromatic nitrogens is 3. The lowest BCUT2D eigenvalue weighted by atomic mass is 10.2. The van der Waals surface area contributed by atoms with Crippen molar-refractivity contribution in [3.63, 3.8) is 0 Å². The normalized spacial score (nSPS) is 11.0. The van der Waals surface area contributed by atoms with Crippen LogP contribution in [0.3, 0.4) is 0 Å². The molecule has 0 N–H and O–H groups in total. The van der Waals surface area contributed by atoms with E-state index in [-0.39, 0.29) is 5.69 Å². The van der Waals surface area contributed by atoms with Crippen molar-refractivity contribution >= 4 is 29.5 Å². The number of esters is 1. The Hall–Kier alpha value is -2.73. The van der Waals surface area contributed by atoms with Crippen molar-refractivity contribution in [3.8, 4) is 5.69 Å². The van der Waals surface area contributed by atoms with E-state index in [4.69, 9.17) is 4.74 Å². The van der Waals surface area contributed by atoms with E-state index in [0.717, 1.165) is 10.6 Å². The zero-order valence-corrected chi connectivity index (χ0v) is 13.4. The summed E-state index contributed by atoms with van der Waals surface area (Å²) in [5.41, 5.74) is 1.65. The van der Waals surface area contributed by atoms with Gasteiger partial charge in [-0.15, -0.1) is 16.4 Å². The molecule has 0 fully saturated rings. The lowest BCUT2D eigenvalue weighted by Gasteiger charge is -2.04. The average Bonchev–Trinajstić information content (AvgIpc) is 3.23. The maximum atomic E-state index is 12.1. The topological polar surface area (TPSA) is 57.0 Å². The van der Waals surface area contributed by atoms with Gasteiger partial charge in [0.2, 0.25) is 0 Å². The second-order valence-electron chi connectivity index (χ2n) is 4.64. The number of hydrogen-bond acceptors (Lipinski definition) is 5. The molecule has 1 aromatic carbocycles. The number of benzene rings is 1. The molecule has 0 unspecified atom stereocenters. The molecule has 116 valence electrons. The van der Waals surface area contributed by atoms with Gasteiger partial charge in [0.15, 0.2) is 5.69 Å². The van der Waals surface area contributed by atoms with Crippen LogP contribution in [0.1, 0.15) is 28.0 Å². The molecular formula is C17H15N3O2S. The highest BCUT2D eigenvalue weighted by atomic mass is 32.1. The molecular weight excluding hydrogens is 310 g/mol. The van der Waals surface area contributed by atoms with Crippen molar-refractivity contribution in [3.05, 3.63) is 64.1 Å². The lowest BCUT2D eigenvalue weighted by molar-refractivity contribution is 0.0519. The molecule has 0 atom stereocenters. The molecule has 0 spiro atoms. The molecule has 5 nitrogen and oxygen atoms in total. The van der Waals surface area contributed by atoms with E-state index >= 15 is 0 Å². The molecule has 0 saturated heterocycles. The number of ether oxygens (including phenoxy) is 1. The van der Waals surface area contributed by atoms with Crippen LogP contribution in [0, 0.1) is 0 Å². The zero-order chi connectivity index (χ0) is 16.1. The van der Waals surface area contributed by atoms with Crippen LogP contribution in [-0.4, -0.2) is 27.6 Å². The molecule has 0 saturated carbocycles. The second kappa shape index (κ2) is 7.02. The summed E-state index contributed by atoms with van der Waals surface area (Å²) in [7, 11) is 0. The molecule has 0 bridgehead atoms. The molecule has 23 heavy (non-hydrogen) atoms. The third kappa shape index (κ3) is 3.37. The molecule has 0 aliphatic rings. The number of rotatable bonds is 5. The van der Waals surface area contributed by atoms with Crippen LogP contribution in [0.15, 0.2) is 47.8 Å². The Balaban J connectivity index is 2.04. The standard InChI is InChI=1S/C17H15N3O2S/c1-2-22-17(21)16-15(11-10-14-9-6-12-23-14)20(19-18-16)13-7-4-3-5-8-13/h3-12H,2H2,1H3/b11-10+. The van der Waals surface area contributed by atoms with E-state index in [1.807, 2.05) is 60.0 Å². The van der Waals surface area contributed by atoms with Gasteiger partial charge in [0.25, 0.3) is 0 Å². The smallest absolute Gasteiger partial charge is 0.361 e. The summed E-state index contributed by atoms with van der Waals surface area (Å²) in [5.74, 6) is -0.472. The fourth-order valence-electron chi connectivity index (χ4n) is 2.09. The molecule has 2 aromatic heterocycles. The van der Waals surface area contributed by atoms with Gasteiger partial charge in [0.05, 0.1) is 12.3 Å². The Bertz CT molecular complexity index is 808. The van der Waals surface area contributed by atoms with Crippen LogP contribution in [0.4, 0.5) is 0 Å². The van der Waals surface area contributed by atoms with Gasteiger partial charge in [0, 0.05) is 4.88 Å². The molecule has 2 heterocycles. The number of hydrogen-bond donors (Lipinski definition) is 0. The number of carbonyl (C=O) groups excluding carboxylic acids is 1. The van der Waals surface area contributed by atoms with Crippen LogP contribution in [-0.2, 0) is 4.74 Å². The van der Waals surface area contributed by atoms with Gasteiger partial charge >= 0.3 is 5.97 Å². The predicted octanol–water partition coefficient (Wildman–Crippen LogP) is 3.68. The molecule has 0 radical (unpaired) electrons. The van der Waals surface area contributed by atoms with Gasteiger partial charge in [-0.05, 0) is 42.7 Å². The van der Waals surface area contributed by atoms with Crippen LogP contribution >= 0.6 is 11.3 Å². The van der Waals surface area contributed by atoms with Gasteiger partial charge in [0.1, 0.15) is 5.69 Å². The molecule has 0 aliphatic carbocycles. The number of para-hydroxylation sites is 1. The van der Waals surface area contributed by atoms with E-state index in [1.165, 1.54) is 0 Å². The van der Waals surface area contributed by atoms with Gasteiger partial charge < -0.3 is 4.74 Å². The minimum Gasteiger partial charge on any atom is -0.461 e. The predicted molar refractivity (Wildman–Crippen MR) is 90.6 cm³/mol. The maximum Gasteiger partial charge on any atom is 0.361 e. The molecule has 3 aromatic rings. The third-order valence-electron chi connectivity index (χ3n) is 3.12. The summed E-state index contributed by atoms with van der Waals surface area (Å²) in [6.45, 7) is 2.06. The van der Waals surface area contributed by atoms with E-state index in [1.54, 1.807) is 22.9 Å². The average molecular weight is 325 g/mol. The van der Waals surface area contributed by atoms with E-state index in [0.29, 0.717) is 12.3 Å². The highest BCUT2D eigenvalue weighted by Gasteiger charge is 2.19. The highest BCUT2D eigenvalue weighted by Crippen LogP contribution is 2.18. The van der Waals surface area contributed by atoms with Crippen molar-refractivity contribution in [2.45, 2.75) is 6.92 Å². The number of thiophene rings is 1. The van der Waals surface area contributed by atoms with Gasteiger partial charge in [-0.25, -0.2) is 9.48 Å². The minimum absolute atomic E-state index is 0.212. The Morgan fingerprint density at radius 2 is 2.04 bits per heavy atom. The summed E-state index contributed by atoms with van der Waals surface area (Å²) in [5, 5.41) is 10.1. The first kappa shape index (κ1) is 15.2. The first-order valence-electron chi connectivity index (χ1n) is 7.19. The summed E-state index contributed by atoms with van der Waals surface area (Å²) in [6, 6.07) is 13.5. The van der Waals surface area contributed by atoms with Crippen molar-refractivity contribution in [1.82, 2.24) is 15.0 Å². The monoisotopic (exact) mass is 325 g/mol. The van der Waals surface area contributed by atoms with Crippen molar-refractivity contribution in [2.75, 3.05) is 6.61 Å². The first-order chi connectivity index (χ1) is 11.3. The Morgan fingerprint density at radius 1 is 1.22 bits per heavy atom. The van der Waals surface area contributed by atoms with Gasteiger partial charge in [-0.3, -0.25) is 0 Å². The van der Waals surface area contributed by atoms with Crippen molar-refractivity contribution in [2.24, 2.45) is 0 Å². The van der Waals surface area contributed by atoms with Gasteiger partial charge in [-0.2, -0.15) is 0 Å². The maximum absolute atomic E-state index is 12.1. The third-order valence-corrected chi connectivity index (χ3v) is 3.96. The Kier molecular flexibility index (Phi) is 4.63. The largest absolute Gasteiger partial charge is 0.461 e. The Labute approximate surface area is 137 Å². The molecule has 0 aliphatic heterocycles. The number of nitrogens with zero attached hydrogens (tertiary/aromatic N) is 3. The van der Waals surface area contributed by atoms with Crippen LogP contribution < -0.4 is 0 Å². The summed E-state index contributed by atoms with van der Waals surface area (Å²) < 4.78 is 6.70. The van der Waals surface area contributed by atoms with E-state index in [2.05, 4.69) is 10.3 Å². The second-order valence-corrected chi connectivity index (χ2v) is 5.62. The zero-order valence-electron chi connectivity index (χ0n) is 12.5. The van der Waals surface area contributed by atoms with E-state index < -0.39 is 5.97 Å². The van der Waals surface area contributed by atoms with Crippen LogP contribution in [0.5, 0.6) is 0 Å². The molecule has 3 rings (SSSR count). The van der Waals surface area contributed by atoms with Crippen LogP contribution in [0.2, 0.25) is 0 Å². The van der Waals surface area contributed by atoms with Crippen LogP contribution in [0.25, 0.3) is 17.8 Å². The number of carbonyl (C=O) groups is 1. The molecule has 0 amide bonds. The summed E-state index contributed by atoms with van der Waals surface area (Å²) >= 11 is 1.62. The highest BCUT2D eigenvalue weighted by molar-refractivity contribution is 7.10. The fourth-order valence-corrected chi connectivity index (χ4v) is 2.71. The lowest BCUT2D eigenvalue weighted by Crippen LogP contribution is -2.08. The minimum atomic E-state index is -0.472.